The molecule has 1 saturated heterocycles. The number of ketones is 1. The molecule has 9 nitrogen and oxygen atoms in total. The van der Waals surface area contributed by atoms with E-state index in [2.05, 4.69) is 0 Å². The molecule has 3 aromatic rings. The number of carbonyl (C=O) groups excluding carboxylic acids is 2. The van der Waals surface area contributed by atoms with E-state index in [1.807, 2.05) is 4.90 Å². The van der Waals surface area contributed by atoms with Crippen molar-refractivity contribution in [2.24, 2.45) is 0 Å². The van der Waals surface area contributed by atoms with Crippen molar-refractivity contribution < 1.29 is 24.0 Å². The van der Waals surface area contributed by atoms with E-state index in [-0.39, 0.29) is 22.9 Å². The molecule has 0 atom stereocenters. The largest absolute Gasteiger partial charge is 0.497 e. The fourth-order valence-electron chi connectivity index (χ4n) is 4.13. The maximum absolute atomic E-state index is 13.1. The van der Waals surface area contributed by atoms with Crippen molar-refractivity contribution in [2.75, 3.05) is 45.3 Å². The number of nitrogens with zero attached hydrogens (tertiary/aromatic N) is 3. The monoisotopic (exact) mass is 475 g/mol. The molecule has 0 saturated carbocycles. The fourth-order valence-corrected chi connectivity index (χ4v) is 4.13. The Labute approximate surface area is 202 Å². The zero-order valence-electron chi connectivity index (χ0n) is 19.5. The van der Waals surface area contributed by atoms with Gasteiger partial charge >= 0.3 is 0 Å². The van der Waals surface area contributed by atoms with Gasteiger partial charge in [-0.25, -0.2) is 0 Å². The van der Waals surface area contributed by atoms with Crippen LogP contribution >= 0.6 is 0 Å². The molecule has 1 heterocycles. The predicted molar refractivity (Wildman–Crippen MR) is 131 cm³/mol. The van der Waals surface area contributed by atoms with Gasteiger partial charge in [-0.15, -0.1) is 0 Å². The maximum Gasteiger partial charge on any atom is 0.293 e. The molecule has 1 fully saturated rings. The second-order valence-corrected chi connectivity index (χ2v) is 8.00. The van der Waals surface area contributed by atoms with Crippen LogP contribution in [0.25, 0.3) is 0 Å². The van der Waals surface area contributed by atoms with Gasteiger partial charge in [-0.05, 0) is 24.3 Å². The number of hydrogen-bond donors (Lipinski definition) is 0. The summed E-state index contributed by atoms with van der Waals surface area (Å²) in [5, 5.41) is 11.8. The molecule has 1 amide bonds. The molecule has 0 aromatic heterocycles. The highest BCUT2D eigenvalue weighted by Crippen LogP contribution is 2.32. The Kier molecular flexibility index (Phi) is 6.96. The minimum atomic E-state index is -0.475. The average Bonchev–Trinajstić information content (AvgIpc) is 2.92. The third-order valence-electron chi connectivity index (χ3n) is 6.02. The van der Waals surface area contributed by atoms with Gasteiger partial charge in [-0.2, -0.15) is 0 Å². The first kappa shape index (κ1) is 23.7. The number of amides is 1. The van der Waals surface area contributed by atoms with Crippen LogP contribution in [0.15, 0.2) is 66.7 Å². The van der Waals surface area contributed by atoms with E-state index in [1.54, 1.807) is 72.7 Å². The highest BCUT2D eigenvalue weighted by molar-refractivity contribution is 6.09. The summed E-state index contributed by atoms with van der Waals surface area (Å²) in [6.45, 7) is 1.60. The minimum absolute atomic E-state index is 0.136. The van der Waals surface area contributed by atoms with Gasteiger partial charge in [0.05, 0.1) is 24.7 Å². The zero-order valence-corrected chi connectivity index (χ0v) is 19.5. The van der Waals surface area contributed by atoms with Crippen molar-refractivity contribution in [2.45, 2.75) is 0 Å². The van der Waals surface area contributed by atoms with Crippen LogP contribution in [0.4, 0.5) is 11.4 Å². The van der Waals surface area contributed by atoms with Gasteiger partial charge in [-0.3, -0.25) is 19.7 Å². The first-order valence-corrected chi connectivity index (χ1v) is 11.1. The lowest BCUT2D eigenvalue weighted by molar-refractivity contribution is -0.384. The quantitative estimate of drug-likeness (QED) is 0.291. The van der Waals surface area contributed by atoms with Gasteiger partial charge in [0.1, 0.15) is 17.2 Å². The molecule has 0 radical (unpaired) electrons. The number of hydrogen-bond acceptors (Lipinski definition) is 7. The average molecular weight is 476 g/mol. The first-order chi connectivity index (χ1) is 16.9. The Morgan fingerprint density at radius 1 is 0.857 bits per heavy atom. The third-order valence-corrected chi connectivity index (χ3v) is 6.02. The van der Waals surface area contributed by atoms with E-state index in [0.717, 1.165) is 0 Å². The summed E-state index contributed by atoms with van der Waals surface area (Å²) in [5.74, 6) is 0.558. The summed E-state index contributed by atoms with van der Waals surface area (Å²) < 4.78 is 10.5. The second-order valence-electron chi connectivity index (χ2n) is 8.00. The molecule has 1 aliphatic heterocycles. The number of carbonyl (C=O) groups is 2. The summed E-state index contributed by atoms with van der Waals surface area (Å²) >= 11 is 0. The number of nitro groups is 1. The van der Waals surface area contributed by atoms with Crippen LogP contribution in [0, 0.1) is 10.1 Å². The van der Waals surface area contributed by atoms with Gasteiger partial charge in [0.25, 0.3) is 11.6 Å². The van der Waals surface area contributed by atoms with Crippen LogP contribution in [0.3, 0.4) is 0 Å². The molecular formula is C26H25N3O6. The second kappa shape index (κ2) is 10.3. The summed E-state index contributed by atoms with van der Waals surface area (Å²) in [5.41, 5.74) is 1.44. The Balaban J connectivity index is 1.50. The highest BCUT2D eigenvalue weighted by atomic mass is 16.6. The number of methoxy groups -OCH3 is 2. The van der Waals surface area contributed by atoms with Crippen molar-refractivity contribution in [1.82, 2.24) is 4.90 Å². The normalized spacial score (nSPS) is 13.3. The van der Waals surface area contributed by atoms with Crippen molar-refractivity contribution in [3.05, 3.63) is 93.5 Å². The topological polar surface area (TPSA) is 102 Å². The SMILES string of the molecule is COc1ccc(C(=O)N2CCN(c3ccc(C(=O)c4ccccc4)cc3[N+](=O)[O-])CC2)c(OC)c1. The summed E-state index contributed by atoms with van der Waals surface area (Å²) in [7, 11) is 3.04. The van der Waals surface area contributed by atoms with E-state index in [0.29, 0.717) is 54.5 Å². The maximum atomic E-state index is 13.1. The van der Waals surface area contributed by atoms with Crippen LogP contribution in [0.1, 0.15) is 26.3 Å². The number of piperazine rings is 1. The van der Waals surface area contributed by atoms with E-state index >= 15 is 0 Å². The Bertz CT molecular complexity index is 1250. The van der Waals surface area contributed by atoms with Crippen LogP contribution in [0.5, 0.6) is 11.5 Å². The molecule has 0 aliphatic carbocycles. The molecule has 4 rings (SSSR count). The lowest BCUT2D eigenvalue weighted by Gasteiger charge is -2.36. The van der Waals surface area contributed by atoms with Crippen LogP contribution in [-0.2, 0) is 0 Å². The van der Waals surface area contributed by atoms with Crippen molar-refractivity contribution in [3.63, 3.8) is 0 Å². The van der Waals surface area contributed by atoms with Crippen LogP contribution < -0.4 is 14.4 Å². The first-order valence-electron chi connectivity index (χ1n) is 11.1. The van der Waals surface area contributed by atoms with Gasteiger partial charge in [0.2, 0.25) is 0 Å². The molecule has 3 aromatic carbocycles. The lowest BCUT2D eigenvalue weighted by atomic mass is 10.0. The summed E-state index contributed by atoms with van der Waals surface area (Å²) in [6, 6.07) is 18.2. The molecule has 180 valence electrons. The fraction of sp³-hybridized carbons (Fsp3) is 0.231. The van der Waals surface area contributed by atoms with Crippen molar-refractivity contribution >= 4 is 23.1 Å². The molecular weight excluding hydrogens is 450 g/mol. The molecule has 1 aliphatic rings. The molecule has 0 spiro atoms. The van der Waals surface area contributed by atoms with Gasteiger partial charge < -0.3 is 19.3 Å². The summed E-state index contributed by atoms with van der Waals surface area (Å²) in [6.07, 6.45) is 0. The van der Waals surface area contributed by atoms with Crippen molar-refractivity contribution in [3.8, 4) is 11.5 Å². The standard InChI is InChI=1S/C26H25N3O6/c1-34-20-9-10-21(24(17-20)35-2)26(31)28-14-12-27(13-15-28)22-11-8-19(16-23(22)29(32)33)25(30)18-6-4-3-5-7-18/h3-11,16-17H,12-15H2,1-2H3. The number of benzene rings is 3. The smallest absolute Gasteiger partial charge is 0.293 e. The van der Waals surface area contributed by atoms with E-state index in [1.165, 1.54) is 13.2 Å². The highest BCUT2D eigenvalue weighted by Gasteiger charge is 2.28. The number of rotatable bonds is 7. The van der Waals surface area contributed by atoms with Crippen LogP contribution in [0.2, 0.25) is 0 Å². The molecule has 0 N–H and O–H groups in total. The molecule has 35 heavy (non-hydrogen) atoms. The molecule has 0 unspecified atom stereocenters. The van der Waals surface area contributed by atoms with Gasteiger partial charge in [0.15, 0.2) is 5.78 Å². The van der Waals surface area contributed by atoms with E-state index in [9.17, 15) is 19.7 Å². The molecule has 9 heteroatoms. The summed E-state index contributed by atoms with van der Waals surface area (Å²) in [4.78, 5) is 40.8. The minimum Gasteiger partial charge on any atom is -0.497 e. The number of ether oxygens (including phenoxy) is 2. The van der Waals surface area contributed by atoms with E-state index in [4.69, 9.17) is 9.47 Å². The third kappa shape index (κ3) is 4.93. The Morgan fingerprint density at radius 2 is 1.57 bits per heavy atom. The number of anilines is 1. The van der Waals surface area contributed by atoms with Gasteiger partial charge in [0, 0.05) is 49.4 Å². The van der Waals surface area contributed by atoms with Crippen molar-refractivity contribution in [1.29, 1.82) is 0 Å². The number of nitro benzene ring substituents is 1. The molecule has 0 bridgehead atoms. The van der Waals surface area contributed by atoms with E-state index < -0.39 is 4.92 Å². The lowest BCUT2D eigenvalue weighted by Crippen LogP contribution is -2.49. The Hall–Kier alpha value is -4.40. The zero-order chi connectivity index (χ0) is 24.9. The van der Waals surface area contributed by atoms with Crippen LogP contribution in [-0.4, -0.2) is 61.9 Å². The predicted octanol–water partition coefficient (Wildman–Crippen LogP) is 3.81. The Morgan fingerprint density at radius 3 is 2.20 bits per heavy atom. The van der Waals surface area contributed by atoms with Gasteiger partial charge in [-0.1, -0.05) is 30.3 Å².